The van der Waals surface area contributed by atoms with Crippen LogP contribution in [0.25, 0.3) is 0 Å². The van der Waals surface area contributed by atoms with Crippen LogP contribution < -0.4 is 0 Å². The number of carbonyl (C=O) groups is 1. The third-order valence-electron chi connectivity index (χ3n) is 2.93. The highest BCUT2D eigenvalue weighted by Crippen LogP contribution is 2.35. The van der Waals surface area contributed by atoms with Crippen molar-refractivity contribution >= 4 is 13.8 Å². The average molecular weight is 322 g/mol. The number of rotatable bonds is 12. The highest BCUT2D eigenvalue weighted by atomic mass is 31.2. The first kappa shape index (κ1) is 20.3. The molecular formula is C14H27O6P. The molecule has 0 bridgehead atoms. The Morgan fingerprint density at radius 3 is 2.33 bits per heavy atom. The van der Waals surface area contributed by atoms with E-state index in [1.54, 1.807) is 6.92 Å². The van der Waals surface area contributed by atoms with E-state index >= 15 is 0 Å². The van der Waals surface area contributed by atoms with Crippen LogP contribution in [0.5, 0.6) is 0 Å². The predicted octanol–water partition coefficient (Wildman–Crippen LogP) is 3.33. The van der Waals surface area contributed by atoms with Crippen LogP contribution in [0.3, 0.4) is 0 Å². The van der Waals surface area contributed by atoms with E-state index in [0.717, 1.165) is 38.5 Å². The number of unbranched alkanes of at least 4 members (excludes halogenated alkanes) is 3. The Kier molecular flexibility index (Phi) is 10.6. The van der Waals surface area contributed by atoms with E-state index in [0.29, 0.717) is 12.0 Å². The quantitative estimate of drug-likeness (QED) is 0.248. The van der Waals surface area contributed by atoms with Crippen LogP contribution in [0.1, 0.15) is 58.8 Å². The minimum atomic E-state index is -4.36. The molecular weight excluding hydrogens is 295 g/mol. The summed E-state index contributed by atoms with van der Waals surface area (Å²) in [5.74, 6) is -0.360. The summed E-state index contributed by atoms with van der Waals surface area (Å²) in [6.07, 6.45) is 5.66. The SMILES string of the molecule is C=C(C)C(=O)OC(CCCC)CCCCCOP(=O)(O)O. The summed E-state index contributed by atoms with van der Waals surface area (Å²) in [5.41, 5.74) is 0.395. The fourth-order valence-electron chi connectivity index (χ4n) is 1.78. The van der Waals surface area contributed by atoms with Gasteiger partial charge in [-0.3, -0.25) is 4.52 Å². The number of hydrogen-bond acceptors (Lipinski definition) is 4. The monoisotopic (exact) mass is 322 g/mol. The topological polar surface area (TPSA) is 93.1 Å². The highest BCUT2D eigenvalue weighted by Gasteiger charge is 2.15. The van der Waals surface area contributed by atoms with Crippen molar-refractivity contribution in [1.82, 2.24) is 0 Å². The molecule has 0 aromatic carbocycles. The van der Waals surface area contributed by atoms with E-state index in [2.05, 4.69) is 18.0 Å². The van der Waals surface area contributed by atoms with Crippen LogP contribution in [0.2, 0.25) is 0 Å². The zero-order chi connectivity index (χ0) is 16.3. The molecule has 1 unspecified atom stereocenters. The van der Waals surface area contributed by atoms with Gasteiger partial charge in [0, 0.05) is 5.57 Å². The molecule has 6 nitrogen and oxygen atoms in total. The lowest BCUT2D eigenvalue weighted by atomic mass is 10.1. The van der Waals surface area contributed by atoms with E-state index in [4.69, 9.17) is 14.5 Å². The molecule has 0 spiro atoms. The van der Waals surface area contributed by atoms with Gasteiger partial charge in [-0.15, -0.1) is 0 Å². The normalized spacial score (nSPS) is 13.0. The summed E-state index contributed by atoms with van der Waals surface area (Å²) < 4.78 is 20.2. The molecule has 0 aliphatic rings. The summed E-state index contributed by atoms with van der Waals surface area (Å²) in [6.45, 7) is 7.31. The van der Waals surface area contributed by atoms with E-state index < -0.39 is 7.82 Å². The van der Waals surface area contributed by atoms with Crippen molar-refractivity contribution in [3.63, 3.8) is 0 Å². The average Bonchev–Trinajstić information content (AvgIpc) is 2.37. The van der Waals surface area contributed by atoms with Crippen molar-refractivity contribution in [3.8, 4) is 0 Å². The molecule has 0 heterocycles. The smallest absolute Gasteiger partial charge is 0.459 e. The Labute approximate surface area is 126 Å². The molecule has 0 amide bonds. The Morgan fingerprint density at radius 2 is 1.81 bits per heavy atom. The van der Waals surface area contributed by atoms with Crippen LogP contribution in [0, 0.1) is 0 Å². The van der Waals surface area contributed by atoms with Crippen molar-refractivity contribution in [2.45, 2.75) is 64.9 Å². The first-order valence-corrected chi connectivity index (χ1v) is 8.86. The van der Waals surface area contributed by atoms with Crippen LogP contribution in [0.15, 0.2) is 12.2 Å². The first-order valence-electron chi connectivity index (χ1n) is 7.32. The molecule has 0 aliphatic heterocycles. The number of ether oxygens (including phenoxy) is 1. The Hall–Kier alpha value is -0.680. The second kappa shape index (κ2) is 11.0. The number of phosphoric ester groups is 1. The second-order valence-electron chi connectivity index (χ2n) is 5.12. The molecule has 0 saturated heterocycles. The van der Waals surface area contributed by atoms with Gasteiger partial charge < -0.3 is 14.5 Å². The number of hydrogen-bond donors (Lipinski definition) is 2. The van der Waals surface area contributed by atoms with Gasteiger partial charge in [-0.2, -0.15) is 0 Å². The largest absolute Gasteiger partial charge is 0.469 e. The predicted molar refractivity (Wildman–Crippen MR) is 80.7 cm³/mol. The third-order valence-corrected chi connectivity index (χ3v) is 3.45. The molecule has 21 heavy (non-hydrogen) atoms. The molecule has 124 valence electrons. The zero-order valence-electron chi connectivity index (χ0n) is 12.9. The van der Waals surface area contributed by atoms with Gasteiger partial charge in [0.2, 0.25) is 0 Å². The minimum absolute atomic E-state index is 0.0372. The van der Waals surface area contributed by atoms with Crippen LogP contribution in [-0.4, -0.2) is 28.5 Å². The Balaban J connectivity index is 3.93. The maximum absolute atomic E-state index is 11.5. The maximum atomic E-state index is 11.5. The summed E-state index contributed by atoms with van der Waals surface area (Å²) in [5, 5.41) is 0. The summed E-state index contributed by atoms with van der Waals surface area (Å²) in [7, 11) is -4.36. The van der Waals surface area contributed by atoms with Crippen molar-refractivity contribution in [2.75, 3.05) is 6.61 Å². The van der Waals surface area contributed by atoms with Gasteiger partial charge in [-0.1, -0.05) is 32.8 Å². The highest BCUT2D eigenvalue weighted by molar-refractivity contribution is 7.46. The van der Waals surface area contributed by atoms with Crippen LogP contribution in [-0.2, 0) is 18.6 Å². The van der Waals surface area contributed by atoms with Crippen LogP contribution >= 0.6 is 7.82 Å². The fraction of sp³-hybridized carbons (Fsp3) is 0.786. The van der Waals surface area contributed by atoms with Gasteiger partial charge >= 0.3 is 13.8 Å². The summed E-state index contributed by atoms with van der Waals surface area (Å²) in [6, 6.07) is 0. The van der Waals surface area contributed by atoms with Crippen molar-refractivity contribution in [1.29, 1.82) is 0 Å². The van der Waals surface area contributed by atoms with E-state index in [1.807, 2.05) is 0 Å². The second-order valence-corrected chi connectivity index (χ2v) is 6.36. The van der Waals surface area contributed by atoms with Gasteiger partial charge in [0.1, 0.15) is 6.10 Å². The summed E-state index contributed by atoms with van der Waals surface area (Å²) in [4.78, 5) is 28.6. The van der Waals surface area contributed by atoms with E-state index in [1.165, 1.54) is 0 Å². The molecule has 0 fully saturated rings. The van der Waals surface area contributed by atoms with E-state index in [-0.39, 0.29) is 18.7 Å². The molecule has 2 N–H and O–H groups in total. The lowest BCUT2D eigenvalue weighted by Gasteiger charge is -2.17. The molecule has 0 radical (unpaired) electrons. The maximum Gasteiger partial charge on any atom is 0.469 e. The van der Waals surface area contributed by atoms with Gasteiger partial charge in [0.25, 0.3) is 0 Å². The van der Waals surface area contributed by atoms with E-state index in [9.17, 15) is 9.36 Å². The number of carbonyl (C=O) groups excluding carboxylic acids is 1. The zero-order valence-corrected chi connectivity index (χ0v) is 13.8. The number of esters is 1. The molecule has 0 rings (SSSR count). The number of phosphoric acid groups is 1. The van der Waals surface area contributed by atoms with Gasteiger partial charge in [0.05, 0.1) is 6.61 Å². The van der Waals surface area contributed by atoms with Gasteiger partial charge in [-0.25, -0.2) is 9.36 Å². The first-order chi connectivity index (χ1) is 9.76. The molecule has 0 saturated carbocycles. The Bertz CT molecular complexity index is 362. The van der Waals surface area contributed by atoms with Crippen molar-refractivity contribution in [3.05, 3.63) is 12.2 Å². The lowest BCUT2D eigenvalue weighted by molar-refractivity contribution is -0.145. The van der Waals surface area contributed by atoms with Gasteiger partial charge in [-0.05, 0) is 32.6 Å². The standard InChI is InChI=1S/C14H27O6P/c1-4-5-9-13(20-14(15)12(2)3)10-7-6-8-11-19-21(16,17)18/h13H,2,4-11H2,1,3H3,(H2,16,17,18). The molecule has 0 aromatic heterocycles. The van der Waals surface area contributed by atoms with Crippen molar-refractivity contribution in [2.24, 2.45) is 0 Å². The molecule has 7 heteroatoms. The molecule has 0 aromatic rings. The van der Waals surface area contributed by atoms with Gasteiger partial charge in [0.15, 0.2) is 0 Å². The molecule has 1 atom stereocenters. The lowest BCUT2D eigenvalue weighted by Crippen LogP contribution is -2.18. The Morgan fingerprint density at radius 1 is 1.19 bits per heavy atom. The van der Waals surface area contributed by atoms with Crippen molar-refractivity contribution < 1.29 is 28.4 Å². The fourth-order valence-corrected chi connectivity index (χ4v) is 2.15. The summed E-state index contributed by atoms with van der Waals surface area (Å²) >= 11 is 0. The van der Waals surface area contributed by atoms with Crippen LogP contribution in [0.4, 0.5) is 0 Å². The molecule has 0 aliphatic carbocycles. The third kappa shape index (κ3) is 12.8. The minimum Gasteiger partial charge on any atom is -0.459 e.